The van der Waals surface area contributed by atoms with Crippen molar-refractivity contribution in [2.24, 2.45) is 0 Å². The molecule has 0 radical (unpaired) electrons. The van der Waals surface area contributed by atoms with Crippen molar-refractivity contribution in [2.45, 2.75) is 0 Å². The van der Waals surface area contributed by atoms with Gasteiger partial charge in [0.25, 0.3) is 0 Å². The third kappa shape index (κ3) is 4.57. The van der Waals surface area contributed by atoms with Crippen LogP contribution in [0.15, 0.2) is 168 Å². The lowest BCUT2D eigenvalue weighted by molar-refractivity contribution is 0.673. The van der Waals surface area contributed by atoms with Gasteiger partial charge in [-0.2, -0.15) is 0 Å². The topological polar surface area (TPSA) is 51.8 Å². The van der Waals surface area contributed by atoms with E-state index in [1.54, 1.807) is 0 Å². The van der Waals surface area contributed by atoms with E-state index >= 15 is 0 Å². The van der Waals surface area contributed by atoms with Gasteiger partial charge in [0.05, 0.1) is 0 Å². The van der Waals surface area contributed by atoms with Gasteiger partial charge < -0.3 is 4.42 Å². The van der Waals surface area contributed by atoms with Crippen molar-refractivity contribution in [2.75, 3.05) is 0 Å². The molecule has 0 aliphatic carbocycles. The fraction of sp³-hybridized carbons (Fsp3) is 0. The van der Waals surface area contributed by atoms with Crippen LogP contribution in [0.4, 0.5) is 0 Å². The lowest BCUT2D eigenvalue weighted by Crippen LogP contribution is -2.00. The first-order chi connectivity index (χ1) is 24.3. The number of para-hydroxylation sites is 1. The van der Waals surface area contributed by atoms with Crippen LogP contribution in [0.25, 0.3) is 99.5 Å². The second-order valence-electron chi connectivity index (χ2n) is 12.4. The van der Waals surface area contributed by atoms with Crippen LogP contribution >= 0.6 is 0 Å². The Morgan fingerprint density at radius 1 is 0.347 bits per heavy atom. The Balaban J connectivity index is 1.14. The van der Waals surface area contributed by atoms with Gasteiger partial charge in [0.2, 0.25) is 0 Å². The molecular formula is C45H27N3O. The van der Waals surface area contributed by atoms with Crippen LogP contribution in [0.1, 0.15) is 0 Å². The number of furan rings is 1. The van der Waals surface area contributed by atoms with Crippen molar-refractivity contribution in [3.8, 4) is 45.3 Å². The molecule has 4 nitrogen and oxygen atoms in total. The van der Waals surface area contributed by atoms with E-state index in [1.165, 1.54) is 10.8 Å². The van der Waals surface area contributed by atoms with Gasteiger partial charge in [-0.1, -0.05) is 140 Å². The Morgan fingerprint density at radius 3 is 1.59 bits per heavy atom. The van der Waals surface area contributed by atoms with Gasteiger partial charge in [0.15, 0.2) is 17.5 Å². The molecule has 0 fully saturated rings. The molecule has 0 unspecified atom stereocenters. The molecule has 10 rings (SSSR count). The quantitative estimate of drug-likeness (QED) is 0.183. The summed E-state index contributed by atoms with van der Waals surface area (Å²) in [5, 5.41) is 9.24. The second-order valence-corrected chi connectivity index (χ2v) is 12.4. The van der Waals surface area contributed by atoms with Crippen molar-refractivity contribution in [3.63, 3.8) is 0 Å². The van der Waals surface area contributed by atoms with Gasteiger partial charge in [-0.15, -0.1) is 0 Å². The Kier molecular flexibility index (Phi) is 6.15. The van der Waals surface area contributed by atoms with Crippen molar-refractivity contribution < 1.29 is 4.42 Å². The first-order valence-electron chi connectivity index (χ1n) is 16.4. The summed E-state index contributed by atoms with van der Waals surface area (Å²) in [5.74, 6) is 1.95. The molecule has 2 heterocycles. The molecule has 228 valence electrons. The monoisotopic (exact) mass is 625 g/mol. The van der Waals surface area contributed by atoms with Crippen molar-refractivity contribution in [3.05, 3.63) is 164 Å². The van der Waals surface area contributed by atoms with E-state index < -0.39 is 0 Å². The maximum atomic E-state index is 6.65. The second kappa shape index (κ2) is 11.0. The SMILES string of the molecule is c1ccc(-c2nc(-c3ccccc3)nc(-c3ccc4cc(-c5cc6ccc7ccccc7c6c6oc7ccccc7c56)ccc4c3)n2)cc1. The molecule has 0 saturated carbocycles. The highest BCUT2D eigenvalue weighted by atomic mass is 16.3. The van der Waals surface area contributed by atoms with E-state index in [0.29, 0.717) is 17.5 Å². The van der Waals surface area contributed by atoms with E-state index in [1.807, 2.05) is 66.7 Å². The number of hydrogen-bond acceptors (Lipinski definition) is 4. The summed E-state index contributed by atoms with van der Waals surface area (Å²) in [6.45, 7) is 0. The molecule has 0 aliphatic heterocycles. The summed E-state index contributed by atoms with van der Waals surface area (Å²) < 4.78 is 6.65. The zero-order valence-corrected chi connectivity index (χ0v) is 26.3. The fourth-order valence-electron chi connectivity index (χ4n) is 7.10. The summed E-state index contributed by atoms with van der Waals surface area (Å²) in [7, 11) is 0. The van der Waals surface area contributed by atoms with E-state index in [2.05, 4.69) is 97.1 Å². The van der Waals surface area contributed by atoms with Gasteiger partial charge in [-0.25, -0.2) is 15.0 Å². The van der Waals surface area contributed by atoms with Gasteiger partial charge >= 0.3 is 0 Å². The Labute approximate surface area is 282 Å². The summed E-state index contributed by atoms with van der Waals surface area (Å²) in [4.78, 5) is 14.8. The van der Waals surface area contributed by atoms with Crippen molar-refractivity contribution in [1.29, 1.82) is 0 Å². The molecular weight excluding hydrogens is 599 g/mol. The molecule has 0 saturated heterocycles. The van der Waals surface area contributed by atoms with E-state index in [9.17, 15) is 0 Å². The van der Waals surface area contributed by atoms with Gasteiger partial charge in [0.1, 0.15) is 11.2 Å². The molecule has 49 heavy (non-hydrogen) atoms. The average Bonchev–Trinajstić information content (AvgIpc) is 3.57. The summed E-state index contributed by atoms with van der Waals surface area (Å²) in [6.07, 6.45) is 0. The maximum Gasteiger partial charge on any atom is 0.164 e. The third-order valence-electron chi connectivity index (χ3n) is 9.46. The minimum Gasteiger partial charge on any atom is -0.455 e. The van der Waals surface area contributed by atoms with Crippen LogP contribution in [0, 0.1) is 0 Å². The highest BCUT2D eigenvalue weighted by Gasteiger charge is 2.18. The van der Waals surface area contributed by atoms with E-state index in [4.69, 9.17) is 19.4 Å². The largest absolute Gasteiger partial charge is 0.455 e. The maximum absolute atomic E-state index is 6.65. The molecule has 8 aromatic carbocycles. The van der Waals surface area contributed by atoms with Crippen LogP contribution in [0.5, 0.6) is 0 Å². The number of aromatic nitrogens is 3. The summed E-state index contributed by atoms with van der Waals surface area (Å²) in [6, 6.07) is 56.9. The van der Waals surface area contributed by atoms with E-state index in [0.717, 1.165) is 71.3 Å². The molecule has 0 amide bonds. The first-order valence-corrected chi connectivity index (χ1v) is 16.4. The number of nitrogens with zero attached hydrogens (tertiary/aromatic N) is 3. The van der Waals surface area contributed by atoms with Crippen LogP contribution < -0.4 is 0 Å². The predicted molar refractivity (Wildman–Crippen MR) is 201 cm³/mol. The molecule has 0 aliphatic rings. The highest BCUT2D eigenvalue weighted by molar-refractivity contribution is 6.27. The number of benzene rings is 8. The Morgan fingerprint density at radius 2 is 0.878 bits per heavy atom. The van der Waals surface area contributed by atoms with Gasteiger partial charge in [0, 0.05) is 32.8 Å². The first kappa shape index (κ1) is 27.5. The van der Waals surface area contributed by atoms with Crippen molar-refractivity contribution in [1.82, 2.24) is 15.0 Å². The lowest BCUT2D eigenvalue weighted by Gasteiger charge is -2.12. The zero-order valence-electron chi connectivity index (χ0n) is 26.3. The molecule has 2 aromatic heterocycles. The van der Waals surface area contributed by atoms with Crippen LogP contribution in [0.2, 0.25) is 0 Å². The molecule has 4 heteroatoms. The molecule has 10 aromatic rings. The minimum absolute atomic E-state index is 0.645. The normalized spacial score (nSPS) is 11.7. The lowest BCUT2D eigenvalue weighted by atomic mass is 9.92. The average molecular weight is 626 g/mol. The number of fused-ring (bicyclic) bond motifs is 8. The number of hydrogen-bond donors (Lipinski definition) is 0. The number of rotatable bonds is 4. The Hall–Kier alpha value is -6.65. The third-order valence-corrected chi connectivity index (χ3v) is 9.46. The predicted octanol–water partition coefficient (Wildman–Crippen LogP) is 11.9. The summed E-state index contributed by atoms with van der Waals surface area (Å²) in [5.41, 5.74) is 6.98. The molecule has 0 bridgehead atoms. The summed E-state index contributed by atoms with van der Waals surface area (Å²) >= 11 is 0. The standard InChI is InChI=1S/C45H27N3O/c1-3-12-29(13-4-1)43-46-44(30-14-5-2-6-15-30)48-45(47-43)35-24-21-31-25-33(22-20-32(31)26-35)38-27-34-23-19-28-11-7-8-16-36(28)40(34)42-41(38)37-17-9-10-18-39(37)49-42/h1-27H. The fourth-order valence-corrected chi connectivity index (χ4v) is 7.10. The van der Waals surface area contributed by atoms with Crippen LogP contribution in [-0.2, 0) is 0 Å². The molecule has 0 N–H and O–H groups in total. The molecule has 0 spiro atoms. The zero-order chi connectivity index (χ0) is 32.3. The van der Waals surface area contributed by atoms with Gasteiger partial charge in [-0.05, 0) is 62.3 Å². The Bertz CT molecular complexity index is 2820. The van der Waals surface area contributed by atoms with E-state index in [-0.39, 0.29) is 0 Å². The van der Waals surface area contributed by atoms with Crippen LogP contribution in [0.3, 0.4) is 0 Å². The minimum atomic E-state index is 0.645. The van der Waals surface area contributed by atoms with Crippen LogP contribution in [-0.4, -0.2) is 15.0 Å². The van der Waals surface area contributed by atoms with Gasteiger partial charge in [-0.3, -0.25) is 0 Å². The molecule has 0 atom stereocenters. The smallest absolute Gasteiger partial charge is 0.164 e. The van der Waals surface area contributed by atoms with Crippen molar-refractivity contribution >= 4 is 54.3 Å². The highest BCUT2D eigenvalue weighted by Crippen LogP contribution is 2.44.